The number of aromatic nitrogens is 2. The van der Waals surface area contributed by atoms with Gasteiger partial charge in [-0.25, -0.2) is 24.0 Å². The van der Waals surface area contributed by atoms with Gasteiger partial charge in [0.05, 0.1) is 6.20 Å². The fraction of sp³-hybridized carbons (Fsp3) is 0. The molecule has 1 heterocycles. The van der Waals surface area contributed by atoms with Gasteiger partial charge < -0.3 is 5.32 Å². The Balaban J connectivity index is 2.39. The third-order valence-corrected chi connectivity index (χ3v) is 2.08. The monoisotopic (exact) mass is 255 g/mol. The molecule has 94 valence electrons. The lowest BCUT2D eigenvalue weighted by molar-refractivity contribution is 0.588. The summed E-state index contributed by atoms with van der Waals surface area (Å²) in [5.74, 6) is 1.98. The van der Waals surface area contributed by atoms with Crippen LogP contribution in [0.2, 0.25) is 0 Å². The number of hydrogen-bond acceptors (Lipinski definition) is 5. The Labute approximate surface area is 99.8 Å². The quantitative estimate of drug-likeness (QED) is 0.577. The van der Waals surface area contributed by atoms with Crippen molar-refractivity contribution in [2.45, 2.75) is 0 Å². The van der Waals surface area contributed by atoms with Crippen molar-refractivity contribution in [3.63, 3.8) is 0 Å². The van der Waals surface area contributed by atoms with Gasteiger partial charge in [0.15, 0.2) is 11.6 Å². The van der Waals surface area contributed by atoms with Crippen molar-refractivity contribution >= 4 is 17.5 Å². The zero-order valence-corrected chi connectivity index (χ0v) is 8.92. The molecule has 0 aliphatic heterocycles. The summed E-state index contributed by atoms with van der Waals surface area (Å²) < 4.78 is 40.0. The molecule has 2 rings (SSSR count). The van der Waals surface area contributed by atoms with Crippen LogP contribution in [0, 0.1) is 17.5 Å². The second-order valence-electron chi connectivity index (χ2n) is 3.26. The average Bonchev–Trinajstić information content (AvgIpc) is 2.36. The summed E-state index contributed by atoms with van der Waals surface area (Å²) in [7, 11) is 0. The number of hydrazine groups is 1. The number of halogens is 3. The van der Waals surface area contributed by atoms with Crippen LogP contribution in [0.1, 0.15) is 0 Å². The van der Waals surface area contributed by atoms with Crippen LogP contribution >= 0.6 is 0 Å². The molecule has 0 radical (unpaired) electrons. The third-order valence-electron chi connectivity index (χ3n) is 2.08. The normalized spacial score (nSPS) is 10.2. The maximum atomic E-state index is 13.4. The summed E-state index contributed by atoms with van der Waals surface area (Å²) in [6, 6.07) is 3.26. The van der Waals surface area contributed by atoms with E-state index in [0.717, 1.165) is 18.3 Å². The smallest absolute Gasteiger partial charge is 0.239 e. The van der Waals surface area contributed by atoms with Gasteiger partial charge in [0, 0.05) is 0 Å². The highest BCUT2D eigenvalue weighted by Gasteiger charge is 2.12. The van der Waals surface area contributed by atoms with Crippen molar-refractivity contribution in [3.05, 3.63) is 41.8 Å². The molecule has 8 heteroatoms. The lowest BCUT2D eigenvalue weighted by Gasteiger charge is -2.09. The van der Waals surface area contributed by atoms with Gasteiger partial charge in [-0.15, -0.1) is 0 Å². The highest BCUT2D eigenvalue weighted by atomic mass is 19.1. The van der Waals surface area contributed by atoms with Gasteiger partial charge in [-0.3, -0.25) is 5.43 Å². The Kier molecular flexibility index (Phi) is 3.28. The molecule has 0 aliphatic carbocycles. The topological polar surface area (TPSA) is 75.9 Å². The summed E-state index contributed by atoms with van der Waals surface area (Å²) >= 11 is 0. The first kappa shape index (κ1) is 12.1. The minimum Gasteiger partial charge on any atom is -0.333 e. The van der Waals surface area contributed by atoms with Crippen LogP contribution < -0.4 is 16.6 Å². The molecule has 2 aromatic rings. The largest absolute Gasteiger partial charge is 0.333 e. The van der Waals surface area contributed by atoms with Gasteiger partial charge in [0.25, 0.3) is 0 Å². The highest BCUT2D eigenvalue weighted by molar-refractivity contribution is 5.58. The number of nitrogen functional groups attached to an aromatic ring is 1. The zero-order chi connectivity index (χ0) is 13.1. The van der Waals surface area contributed by atoms with E-state index >= 15 is 0 Å². The Morgan fingerprint density at radius 3 is 2.33 bits per heavy atom. The van der Waals surface area contributed by atoms with Gasteiger partial charge in [-0.05, 0) is 12.1 Å². The van der Waals surface area contributed by atoms with Crippen molar-refractivity contribution in [3.8, 4) is 0 Å². The van der Waals surface area contributed by atoms with Gasteiger partial charge in [0.2, 0.25) is 5.95 Å². The molecule has 5 nitrogen and oxygen atoms in total. The third kappa shape index (κ3) is 2.33. The van der Waals surface area contributed by atoms with Crippen molar-refractivity contribution in [1.29, 1.82) is 0 Å². The molecule has 0 atom stereocenters. The molecule has 0 bridgehead atoms. The molecule has 0 saturated heterocycles. The number of nitrogens with zero attached hydrogens (tertiary/aromatic N) is 2. The van der Waals surface area contributed by atoms with Crippen LogP contribution in [0.25, 0.3) is 0 Å². The van der Waals surface area contributed by atoms with E-state index in [1.165, 1.54) is 6.07 Å². The SMILES string of the molecule is NNc1ncc(F)c(Nc2c(F)cccc2F)n1. The molecule has 1 aromatic heterocycles. The summed E-state index contributed by atoms with van der Waals surface area (Å²) in [5, 5.41) is 2.21. The van der Waals surface area contributed by atoms with Crippen LogP contribution in [0.5, 0.6) is 0 Å². The second-order valence-corrected chi connectivity index (χ2v) is 3.26. The molecular weight excluding hydrogens is 247 g/mol. The molecule has 18 heavy (non-hydrogen) atoms. The van der Waals surface area contributed by atoms with E-state index in [-0.39, 0.29) is 11.8 Å². The van der Waals surface area contributed by atoms with Crippen LogP contribution in [-0.4, -0.2) is 9.97 Å². The number of nitrogens with two attached hydrogens (primary N) is 1. The van der Waals surface area contributed by atoms with Crippen molar-refractivity contribution in [2.75, 3.05) is 10.7 Å². The fourth-order valence-electron chi connectivity index (χ4n) is 1.26. The van der Waals surface area contributed by atoms with Gasteiger partial charge in [-0.1, -0.05) is 6.07 Å². The predicted molar refractivity (Wildman–Crippen MR) is 59.4 cm³/mol. The Hall–Kier alpha value is -2.35. The van der Waals surface area contributed by atoms with Crippen molar-refractivity contribution < 1.29 is 13.2 Å². The molecule has 0 fully saturated rings. The van der Waals surface area contributed by atoms with Crippen LogP contribution in [0.3, 0.4) is 0 Å². The molecule has 0 aliphatic rings. The number of para-hydroxylation sites is 1. The molecule has 0 spiro atoms. The molecule has 0 amide bonds. The van der Waals surface area contributed by atoms with E-state index < -0.39 is 23.1 Å². The van der Waals surface area contributed by atoms with E-state index in [0.29, 0.717) is 0 Å². The predicted octanol–water partition coefficient (Wildman–Crippen LogP) is 1.92. The van der Waals surface area contributed by atoms with E-state index in [2.05, 4.69) is 20.7 Å². The molecule has 1 aromatic carbocycles. The summed E-state index contributed by atoms with van der Waals surface area (Å²) in [4.78, 5) is 7.10. The number of hydrogen-bond donors (Lipinski definition) is 3. The standard InChI is InChI=1S/C10H8F3N5/c11-5-2-1-3-6(12)8(5)16-9-7(13)4-15-10(17-9)18-14/h1-4H,14H2,(H2,15,16,17,18). The second kappa shape index (κ2) is 4.88. The van der Waals surface area contributed by atoms with E-state index in [9.17, 15) is 13.2 Å². The lowest BCUT2D eigenvalue weighted by atomic mass is 10.3. The Bertz CT molecular complexity index is 555. The summed E-state index contributed by atoms with van der Waals surface area (Å²) in [6.45, 7) is 0. The van der Waals surface area contributed by atoms with Crippen molar-refractivity contribution in [2.24, 2.45) is 5.84 Å². The molecule has 0 saturated carbocycles. The number of rotatable bonds is 3. The van der Waals surface area contributed by atoms with Crippen LogP contribution in [-0.2, 0) is 0 Å². The average molecular weight is 255 g/mol. The fourth-order valence-corrected chi connectivity index (χ4v) is 1.26. The van der Waals surface area contributed by atoms with Crippen molar-refractivity contribution in [1.82, 2.24) is 9.97 Å². The van der Waals surface area contributed by atoms with Gasteiger partial charge in [0.1, 0.15) is 17.3 Å². The zero-order valence-electron chi connectivity index (χ0n) is 8.92. The lowest BCUT2D eigenvalue weighted by Crippen LogP contribution is -2.12. The number of nitrogens with one attached hydrogen (secondary N) is 2. The first-order valence-corrected chi connectivity index (χ1v) is 4.82. The number of benzene rings is 1. The summed E-state index contributed by atoms with van der Waals surface area (Å²) in [5.41, 5.74) is 1.59. The maximum Gasteiger partial charge on any atom is 0.239 e. The minimum absolute atomic E-state index is 0.0874. The first-order valence-electron chi connectivity index (χ1n) is 4.82. The Morgan fingerprint density at radius 1 is 1.06 bits per heavy atom. The summed E-state index contributed by atoms with van der Waals surface area (Å²) in [6.07, 6.45) is 0.823. The first-order chi connectivity index (χ1) is 8.61. The molecule has 0 unspecified atom stereocenters. The van der Waals surface area contributed by atoms with Gasteiger partial charge in [-0.2, -0.15) is 4.98 Å². The van der Waals surface area contributed by atoms with E-state index in [1.54, 1.807) is 0 Å². The van der Waals surface area contributed by atoms with E-state index in [4.69, 9.17) is 5.84 Å². The Morgan fingerprint density at radius 2 is 1.72 bits per heavy atom. The van der Waals surface area contributed by atoms with Crippen LogP contribution in [0.4, 0.5) is 30.6 Å². The molecular formula is C10H8F3N5. The van der Waals surface area contributed by atoms with E-state index in [1.807, 2.05) is 0 Å². The minimum atomic E-state index is -0.865. The molecule has 4 N–H and O–H groups in total. The number of anilines is 3. The maximum absolute atomic E-state index is 13.4. The highest BCUT2D eigenvalue weighted by Crippen LogP contribution is 2.23. The van der Waals surface area contributed by atoms with Crippen LogP contribution in [0.15, 0.2) is 24.4 Å². The van der Waals surface area contributed by atoms with Gasteiger partial charge >= 0.3 is 0 Å².